The zero-order valence-corrected chi connectivity index (χ0v) is 8.99. The average Bonchev–Trinajstić information content (AvgIpc) is 2.75. The lowest BCUT2D eigenvalue weighted by molar-refractivity contribution is -0.122. The van der Waals surface area contributed by atoms with E-state index in [9.17, 15) is 4.79 Å². The number of likely N-dealkylation sites (N-methyl/N-ethyl adjacent to an activating group) is 1. The van der Waals surface area contributed by atoms with Crippen LogP contribution >= 0.6 is 0 Å². The van der Waals surface area contributed by atoms with Gasteiger partial charge in [-0.2, -0.15) is 0 Å². The number of hydrogen-bond donors (Lipinski definition) is 2. The van der Waals surface area contributed by atoms with E-state index in [1.807, 2.05) is 31.2 Å². The van der Waals surface area contributed by atoms with Crippen molar-refractivity contribution in [3.05, 3.63) is 30.2 Å². The van der Waals surface area contributed by atoms with Gasteiger partial charge in [-0.05, 0) is 25.1 Å². The molecule has 1 aromatic rings. The third-order valence-electron chi connectivity index (χ3n) is 2.01. The minimum atomic E-state index is -0.184. The van der Waals surface area contributed by atoms with E-state index in [2.05, 4.69) is 10.6 Å². The molecule has 0 radical (unpaired) electrons. The molecule has 0 spiro atoms. The molecule has 4 heteroatoms. The average molecular weight is 208 g/mol. The summed E-state index contributed by atoms with van der Waals surface area (Å²) in [6, 6.07) is 3.52. The van der Waals surface area contributed by atoms with Crippen molar-refractivity contribution in [1.29, 1.82) is 0 Å². The standard InChI is InChI=1S/C11H16N2O2/c1-9(11(14)12-2)13-7-3-5-10-6-4-8-15-10/h3-6,8-9,13H,7H2,1-2H3,(H,12,14)/b5-3+/t9-/m1/s1. The normalized spacial score (nSPS) is 12.9. The van der Waals surface area contributed by atoms with E-state index in [-0.39, 0.29) is 11.9 Å². The summed E-state index contributed by atoms with van der Waals surface area (Å²) in [5, 5.41) is 5.63. The van der Waals surface area contributed by atoms with Gasteiger partial charge in [-0.15, -0.1) is 0 Å². The number of nitrogens with one attached hydrogen (secondary N) is 2. The Morgan fingerprint density at radius 3 is 3.07 bits per heavy atom. The quantitative estimate of drug-likeness (QED) is 0.759. The molecule has 15 heavy (non-hydrogen) atoms. The molecule has 0 unspecified atom stereocenters. The summed E-state index contributed by atoms with van der Waals surface area (Å²) >= 11 is 0. The minimum absolute atomic E-state index is 0.0126. The maximum Gasteiger partial charge on any atom is 0.236 e. The van der Waals surface area contributed by atoms with Gasteiger partial charge in [0.1, 0.15) is 5.76 Å². The van der Waals surface area contributed by atoms with Crippen LogP contribution in [0.4, 0.5) is 0 Å². The van der Waals surface area contributed by atoms with E-state index >= 15 is 0 Å². The summed E-state index contributed by atoms with van der Waals surface area (Å²) in [5.74, 6) is 0.797. The molecule has 1 rings (SSSR count). The van der Waals surface area contributed by atoms with Crippen molar-refractivity contribution in [2.75, 3.05) is 13.6 Å². The van der Waals surface area contributed by atoms with Crippen LogP contribution in [0.5, 0.6) is 0 Å². The first-order valence-electron chi connectivity index (χ1n) is 4.89. The Kier molecular flexibility index (Phi) is 4.63. The minimum Gasteiger partial charge on any atom is -0.465 e. The molecule has 1 amide bonds. The smallest absolute Gasteiger partial charge is 0.236 e. The fourth-order valence-corrected chi connectivity index (χ4v) is 1.12. The second-order valence-electron chi connectivity index (χ2n) is 3.16. The molecule has 82 valence electrons. The summed E-state index contributed by atoms with van der Waals surface area (Å²) in [5.41, 5.74) is 0. The van der Waals surface area contributed by atoms with Crippen LogP contribution in [0.1, 0.15) is 12.7 Å². The number of amides is 1. The van der Waals surface area contributed by atoms with Crippen LogP contribution in [0.15, 0.2) is 28.9 Å². The maximum atomic E-state index is 11.1. The number of hydrogen-bond acceptors (Lipinski definition) is 3. The van der Waals surface area contributed by atoms with E-state index in [0.29, 0.717) is 6.54 Å². The molecule has 0 bridgehead atoms. The monoisotopic (exact) mass is 208 g/mol. The van der Waals surface area contributed by atoms with E-state index in [1.54, 1.807) is 13.3 Å². The molecule has 0 aliphatic carbocycles. The van der Waals surface area contributed by atoms with Crippen LogP contribution < -0.4 is 10.6 Å². The van der Waals surface area contributed by atoms with Crippen molar-refractivity contribution in [1.82, 2.24) is 10.6 Å². The van der Waals surface area contributed by atoms with Crippen molar-refractivity contribution in [2.45, 2.75) is 13.0 Å². The summed E-state index contributed by atoms with van der Waals surface area (Å²) in [7, 11) is 1.62. The number of carbonyl (C=O) groups excluding carboxylic acids is 1. The Bertz CT molecular complexity index is 317. The molecule has 0 aromatic carbocycles. The van der Waals surface area contributed by atoms with Gasteiger partial charge in [0.05, 0.1) is 12.3 Å². The van der Waals surface area contributed by atoms with Crippen LogP contribution in [0.3, 0.4) is 0 Å². The van der Waals surface area contributed by atoms with Gasteiger partial charge < -0.3 is 15.1 Å². The van der Waals surface area contributed by atoms with Crippen molar-refractivity contribution in [2.24, 2.45) is 0 Å². The van der Waals surface area contributed by atoms with E-state index in [4.69, 9.17) is 4.42 Å². The summed E-state index contributed by atoms with van der Waals surface area (Å²) < 4.78 is 5.12. The molecule has 0 fully saturated rings. The zero-order chi connectivity index (χ0) is 11.1. The highest BCUT2D eigenvalue weighted by molar-refractivity contribution is 5.80. The molecule has 1 atom stereocenters. The van der Waals surface area contributed by atoms with E-state index < -0.39 is 0 Å². The Labute approximate surface area is 89.4 Å². The van der Waals surface area contributed by atoms with Gasteiger partial charge >= 0.3 is 0 Å². The largest absolute Gasteiger partial charge is 0.465 e. The molecule has 1 aromatic heterocycles. The fraction of sp³-hybridized carbons (Fsp3) is 0.364. The van der Waals surface area contributed by atoms with Gasteiger partial charge in [0.2, 0.25) is 5.91 Å². The lowest BCUT2D eigenvalue weighted by Gasteiger charge is -2.09. The number of carbonyl (C=O) groups is 1. The Hall–Kier alpha value is -1.55. The Morgan fingerprint density at radius 2 is 2.47 bits per heavy atom. The molecule has 2 N–H and O–H groups in total. The fourth-order valence-electron chi connectivity index (χ4n) is 1.12. The van der Waals surface area contributed by atoms with Gasteiger partial charge in [0.15, 0.2) is 0 Å². The van der Waals surface area contributed by atoms with E-state index in [1.165, 1.54) is 0 Å². The van der Waals surface area contributed by atoms with Crippen molar-refractivity contribution in [3.8, 4) is 0 Å². The molecule has 0 saturated heterocycles. The maximum absolute atomic E-state index is 11.1. The molecule has 1 heterocycles. The number of rotatable bonds is 5. The number of furan rings is 1. The highest BCUT2D eigenvalue weighted by atomic mass is 16.3. The van der Waals surface area contributed by atoms with Crippen LogP contribution in [0, 0.1) is 0 Å². The summed E-state index contributed by atoms with van der Waals surface area (Å²) in [6.07, 6.45) is 5.40. The summed E-state index contributed by atoms with van der Waals surface area (Å²) in [6.45, 7) is 2.45. The van der Waals surface area contributed by atoms with Gasteiger partial charge in [-0.1, -0.05) is 6.08 Å². The molecule has 0 saturated carbocycles. The Morgan fingerprint density at radius 1 is 1.67 bits per heavy atom. The van der Waals surface area contributed by atoms with Crippen molar-refractivity contribution >= 4 is 12.0 Å². The summed E-state index contributed by atoms with van der Waals surface area (Å²) in [4.78, 5) is 11.1. The SMILES string of the molecule is CNC(=O)[C@@H](C)NC/C=C/c1ccco1. The first kappa shape index (κ1) is 11.5. The molecule has 4 nitrogen and oxygen atoms in total. The lowest BCUT2D eigenvalue weighted by Crippen LogP contribution is -2.40. The van der Waals surface area contributed by atoms with Crippen LogP contribution in [-0.4, -0.2) is 25.5 Å². The zero-order valence-electron chi connectivity index (χ0n) is 8.99. The highest BCUT2D eigenvalue weighted by Crippen LogP contribution is 2.01. The van der Waals surface area contributed by atoms with Crippen LogP contribution in [0.2, 0.25) is 0 Å². The van der Waals surface area contributed by atoms with Gasteiger partial charge in [0, 0.05) is 13.6 Å². The first-order valence-corrected chi connectivity index (χ1v) is 4.89. The van der Waals surface area contributed by atoms with Gasteiger partial charge in [-0.25, -0.2) is 0 Å². The van der Waals surface area contributed by atoms with Crippen molar-refractivity contribution < 1.29 is 9.21 Å². The predicted octanol–water partition coefficient (Wildman–Crippen LogP) is 1.02. The molecular weight excluding hydrogens is 192 g/mol. The van der Waals surface area contributed by atoms with Gasteiger partial charge in [-0.3, -0.25) is 4.79 Å². The third-order valence-corrected chi connectivity index (χ3v) is 2.01. The predicted molar refractivity (Wildman–Crippen MR) is 59.3 cm³/mol. The topological polar surface area (TPSA) is 54.3 Å². The molecular formula is C11H16N2O2. The van der Waals surface area contributed by atoms with Crippen LogP contribution in [0.25, 0.3) is 6.08 Å². The lowest BCUT2D eigenvalue weighted by atomic mass is 10.3. The first-order chi connectivity index (χ1) is 7.24. The molecule has 0 aliphatic heterocycles. The second kappa shape index (κ2) is 6.03. The molecule has 0 aliphatic rings. The second-order valence-corrected chi connectivity index (χ2v) is 3.16. The van der Waals surface area contributed by atoms with E-state index in [0.717, 1.165) is 5.76 Å². The highest BCUT2D eigenvalue weighted by Gasteiger charge is 2.07. The van der Waals surface area contributed by atoms with Crippen LogP contribution in [-0.2, 0) is 4.79 Å². The van der Waals surface area contributed by atoms with Crippen molar-refractivity contribution in [3.63, 3.8) is 0 Å². The Balaban J connectivity index is 2.24. The third kappa shape index (κ3) is 3.99. The van der Waals surface area contributed by atoms with Gasteiger partial charge in [0.25, 0.3) is 0 Å².